The first kappa shape index (κ1) is 15.9. The molecule has 2 aliphatic rings. The fraction of sp³-hybridized carbons (Fsp3) is 0.750. The number of amides is 1. The van der Waals surface area contributed by atoms with E-state index in [0.29, 0.717) is 18.4 Å². The normalized spacial score (nSPS) is 21.1. The Hall–Kier alpha value is -0.980. The van der Waals surface area contributed by atoms with E-state index in [1.165, 1.54) is 0 Å². The number of rotatable bonds is 6. The zero-order chi connectivity index (χ0) is 15.5. The third-order valence-corrected chi connectivity index (χ3v) is 5.38. The minimum absolute atomic E-state index is 0.0803. The molecule has 1 atom stereocenters. The fourth-order valence-electron chi connectivity index (χ4n) is 2.85. The smallest absolute Gasteiger partial charge is 0.225 e. The van der Waals surface area contributed by atoms with E-state index in [2.05, 4.69) is 15.3 Å². The number of piperazine rings is 1. The summed E-state index contributed by atoms with van der Waals surface area (Å²) in [5.41, 5.74) is 1.12. The van der Waals surface area contributed by atoms with E-state index in [0.717, 1.165) is 56.3 Å². The Morgan fingerprint density at radius 2 is 2.14 bits per heavy atom. The molecule has 0 N–H and O–H groups in total. The van der Waals surface area contributed by atoms with Gasteiger partial charge in [-0.2, -0.15) is 0 Å². The standard InChI is InChI=1S/C16H25N3O2S/c1-3-21-12(2)15-17-14(11-22-15)10-18-6-8-19(9-7-18)16(20)13-4-5-13/h11-13H,3-10H2,1-2H3/t12-/m0/s1. The molecule has 5 nitrogen and oxygen atoms in total. The van der Waals surface area contributed by atoms with Crippen LogP contribution in [0.25, 0.3) is 0 Å². The largest absolute Gasteiger partial charge is 0.372 e. The molecule has 1 aromatic heterocycles. The van der Waals surface area contributed by atoms with Crippen molar-refractivity contribution >= 4 is 17.2 Å². The Morgan fingerprint density at radius 3 is 2.77 bits per heavy atom. The molecule has 122 valence electrons. The van der Waals surface area contributed by atoms with E-state index < -0.39 is 0 Å². The van der Waals surface area contributed by atoms with Gasteiger partial charge in [-0.25, -0.2) is 4.98 Å². The van der Waals surface area contributed by atoms with Crippen molar-refractivity contribution in [3.63, 3.8) is 0 Å². The lowest BCUT2D eigenvalue weighted by molar-refractivity contribution is -0.134. The Balaban J connectivity index is 1.47. The molecule has 2 fully saturated rings. The van der Waals surface area contributed by atoms with Crippen LogP contribution in [-0.4, -0.2) is 53.5 Å². The molecule has 0 spiro atoms. The lowest BCUT2D eigenvalue weighted by Crippen LogP contribution is -2.48. The molecule has 2 heterocycles. The zero-order valence-corrected chi connectivity index (χ0v) is 14.3. The molecule has 22 heavy (non-hydrogen) atoms. The quantitative estimate of drug-likeness (QED) is 0.806. The SMILES string of the molecule is CCO[C@@H](C)c1nc(CN2CCN(C(=O)C3CC3)CC2)cs1. The molecule has 6 heteroatoms. The molecule has 0 bridgehead atoms. The molecule has 0 unspecified atom stereocenters. The summed E-state index contributed by atoms with van der Waals surface area (Å²) in [5.74, 6) is 0.717. The fourth-order valence-corrected chi connectivity index (χ4v) is 3.66. The first-order valence-electron chi connectivity index (χ1n) is 8.24. The summed E-state index contributed by atoms with van der Waals surface area (Å²) < 4.78 is 5.59. The minimum atomic E-state index is 0.0803. The van der Waals surface area contributed by atoms with E-state index >= 15 is 0 Å². The van der Waals surface area contributed by atoms with Crippen LogP contribution in [0, 0.1) is 5.92 Å². The second-order valence-electron chi connectivity index (χ2n) is 6.15. The first-order valence-corrected chi connectivity index (χ1v) is 9.12. The molecule has 1 aromatic rings. The van der Waals surface area contributed by atoms with E-state index in [4.69, 9.17) is 4.74 Å². The Morgan fingerprint density at radius 1 is 1.41 bits per heavy atom. The van der Waals surface area contributed by atoms with Crippen molar-refractivity contribution in [3.8, 4) is 0 Å². The van der Waals surface area contributed by atoms with Gasteiger partial charge >= 0.3 is 0 Å². The first-order chi connectivity index (χ1) is 10.7. The molecule has 0 radical (unpaired) electrons. The molecule has 1 aliphatic carbocycles. The van der Waals surface area contributed by atoms with Gasteiger partial charge in [0.05, 0.1) is 5.69 Å². The third-order valence-electron chi connectivity index (χ3n) is 4.33. The number of thiazole rings is 1. The maximum Gasteiger partial charge on any atom is 0.225 e. The number of carbonyl (C=O) groups is 1. The molecule has 0 aromatic carbocycles. The van der Waals surface area contributed by atoms with Gasteiger partial charge in [0.1, 0.15) is 11.1 Å². The van der Waals surface area contributed by atoms with E-state index in [1.54, 1.807) is 11.3 Å². The highest BCUT2D eigenvalue weighted by atomic mass is 32.1. The Bertz CT molecular complexity index is 507. The summed E-state index contributed by atoms with van der Waals surface area (Å²) in [6.45, 7) is 9.28. The second-order valence-corrected chi connectivity index (χ2v) is 7.04. The Kier molecular flexibility index (Phi) is 5.10. The van der Waals surface area contributed by atoms with E-state index in [1.807, 2.05) is 18.7 Å². The number of nitrogens with zero attached hydrogens (tertiary/aromatic N) is 3. The van der Waals surface area contributed by atoms with Crippen molar-refractivity contribution in [2.75, 3.05) is 32.8 Å². The maximum absolute atomic E-state index is 12.0. The second kappa shape index (κ2) is 7.06. The highest BCUT2D eigenvalue weighted by molar-refractivity contribution is 7.09. The van der Waals surface area contributed by atoms with Gasteiger partial charge in [0.2, 0.25) is 5.91 Å². The number of hydrogen-bond acceptors (Lipinski definition) is 5. The van der Waals surface area contributed by atoms with Crippen LogP contribution in [0.15, 0.2) is 5.38 Å². The highest BCUT2D eigenvalue weighted by Gasteiger charge is 2.34. The minimum Gasteiger partial charge on any atom is -0.372 e. The summed E-state index contributed by atoms with van der Waals surface area (Å²) in [6.07, 6.45) is 2.27. The van der Waals surface area contributed by atoms with Crippen molar-refractivity contribution in [1.82, 2.24) is 14.8 Å². The predicted molar refractivity (Wildman–Crippen MR) is 86.7 cm³/mol. The monoisotopic (exact) mass is 323 g/mol. The van der Waals surface area contributed by atoms with Crippen LogP contribution in [0.4, 0.5) is 0 Å². The lowest BCUT2D eigenvalue weighted by atomic mass is 10.2. The van der Waals surface area contributed by atoms with Crippen LogP contribution in [0.5, 0.6) is 0 Å². The van der Waals surface area contributed by atoms with Gasteiger partial charge in [-0.15, -0.1) is 11.3 Å². The summed E-state index contributed by atoms with van der Waals surface area (Å²) in [5, 5.41) is 3.19. The topological polar surface area (TPSA) is 45.7 Å². The van der Waals surface area contributed by atoms with Gasteiger partial charge < -0.3 is 9.64 Å². The summed E-state index contributed by atoms with van der Waals surface area (Å²) in [6, 6.07) is 0. The van der Waals surface area contributed by atoms with Gasteiger partial charge in [-0.3, -0.25) is 9.69 Å². The van der Waals surface area contributed by atoms with Gasteiger partial charge in [0.25, 0.3) is 0 Å². The summed E-state index contributed by atoms with van der Waals surface area (Å²) >= 11 is 1.68. The predicted octanol–water partition coefficient (Wildman–Crippen LogP) is 2.29. The number of carbonyl (C=O) groups excluding carboxylic acids is 1. The maximum atomic E-state index is 12.0. The average Bonchev–Trinajstić information content (AvgIpc) is 3.27. The van der Waals surface area contributed by atoms with Crippen LogP contribution in [0.1, 0.15) is 43.5 Å². The third kappa shape index (κ3) is 3.86. The van der Waals surface area contributed by atoms with Crippen molar-refractivity contribution < 1.29 is 9.53 Å². The highest BCUT2D eigenvalue weighted by Crippen LogP contribution is 2.31. The van der Waals surface area contributed by atoms with Gasteiger partial charge in [0.15, 0.2) is 0 Å². The molecule has 1 saturated heterocycles. The van der Waals surface area contributed by atoms with Gasteiger partial charge in [-0.05, 0) is 26.7 Å². The molecule has 3 rings (SSSR count). The van der Waals surface area contributed by atoms with Crippen molar-refractivity contribution in [3.05, 3.63) is 16.1 Å². The number of hydrogen-bond donors (Lipinski definition) is 0. The van der Waals surface area contributed by atoms with Crippen LogP contribution >= 0.6 is 11.3 Å². The molecule has 1 aliphatic heterocycles. The number of ether oxygens (including phenoxy) is 1. The molecular weight excluding hydrogens is 298 g/mol. The van der Waals surface area contributed by atoms with Crippen molar-refractivity contribution in [2.45, 2.75) is 39.3 Å². The molecule has 1 saturated carbocycles. The number of aromatic nitrogens is 1. The van der Waals surface area contributed by atoms with Gasteiger partial charge in [0, 0.05) is 50.6 Å². The van der Waals surface area contributed by atoms with Crippen LogP contribution in [0.3, 0.4) is 0 Å². The van der Waals surface area contributed by atoms with Crippen LogP contribution < -0.4 is 0 Å². The Labute approximate surface area is 136 Å². The molecule has 1 amide bonds. The summed E-state index contributed by atoms with van der Waals surface area (Å²) in [4.78, 5) is 21.2. The van der Waals surface area contributed by atoms with Crippen LogP contribution in [0.2, 0.25) is 0 Å². The van der Waals surface area contributed by atoms with Crippen molar-refractivity contribution in [1.29, 1.82) is 0 Å². The van der Waals surface area contributed by atoms with E-state index in [-0.39, 0.29) is 6.10 Å². The lowest BCUT2D eigenvalue weighted by Gasteiger charge is -2.34. The van der Waals surface area contributed by atoms with Crippen LogP contribution in [-0.2, 0) is 16.1 Å². The molecular formula is C16H25N3O2S. The summed E-state index contributed by atoms with van der Waals surface area (Å²) in [7, 11) is 0. The van der Waals surface area contributed by atoms with E-state index in [9.17, 15) is 4.79 Å². The average molecular weight is 323 g/mol. The van der Waals surface area contributed by atoms with Crippen molar-refractivity contribution in [2.24, 2.45) is 5.92 Å². The zero-order valence-electron chi connectivity index (χ0n) is 13.5. The van der Waals surface area contributed by atoms with Gasteiger partial charge in [-0.1, -0.05) is 0 Å².